The molecule has 0 bridgehead atoms. The number of esters is 1. The second-order valence-electron chi connectivity index (χ2n) is 4.80. The Labute approximate surface area is 102 Å². The third-order valence-corrected chi connectivity index (χ3v) is 2.71. The van der Waals surface area contributed by atoms with Crippen molar-refractivity contribution in [3.05, 3.63) is 23.7 Å². The predicted molar refractivity (Wildman–Crippen MR) is 66.0 cm³/mol. The normalized spacial score (nSPS) is 11.5. The van der Waals surface area contributed by atoms with E-state index in [4.69, 9.17) is 4.42 Å². The molecule has 0 radical (unpaired) electrons. The minimum absolute atomic E-state index is 0.0790. The van der Waals surface area contributed by atoms with Crippen LogP contribution in [0.4, 0.5) is 0 Å². The molecule has 1 aromatic heterocycles. The molecule has 0 aliphatic heterocycles. The second kappa shape index (κ2) is 5.87. The molecule has 0 unspecified atom stereocenters. The Morgan fingerprint density at radius 3 is 2.71 bits per heavy atom. The van der Waals surface area contributed by atoms with Crippen molar-refractivity contribution in [2.24, 2.45) is 0 Å². The lowest BCUT2D eigenvalue weighted by atomic mass is 9.90. The Kier molecular flexibility index (Phi) is 4.75. The van der Waals surface area contributed by atoms with Crippen LogP contribution in [0.25, 0.3) is 0 Å². The summed E-state index contributed by atoms with van der Waals surface area (Å²) in [5, 5.41) is 3.24. The van der Waals surface area contributed by atoms with Crippen LogP contribution in [-0.2, 0) is 14.9 Å². The molecule has 96 valence electrons. The van der Waals surface area contributed by atoms with Crippen LogP contribution < -0.4 is 5.32 Å². The first-order valence-corrected chi connectivity index (χ1v) is 5.80. The van der Waals surface area contributed by atoms with E-state index in [0.717, 1.165) is 18.1 Å². The van der Waals surface area contributed by atoms with Gasteiger partial charge in [-0.25, -0.2) is 0 Å². The van der Waals surface area contributed by atoms with E-state index in [9.17, 15) is 4.79 Å². The summed E-state index contributed by atoms with van der Waals surface area (Å²) in [4.78, 5) is 10.9. The van der Waals surface area contributed by atoms with E-state index in [1.807, 2.05) is 19.1 Å². The van der Waals surface area contributed by atoms with Crippen LogP contribution >= 0.6 is 0 Å². The van der Waals surface area contributed by atoms with Crippen LogP contribution in [0.3, 0.4) is 0 Å². The highest BCUT2D eigenvalue weighted by atomic mass is 16.5. The van der Waals surface area contributed by atoms with Gasteiger partial charge in [-0.15, -0.1) is 0 Å². The fraction of sp³-hybridized carbons (Fsp3) is 0.615. The summed E-state index contributed by atoms with van der Waals surface area (Å²) < 4.78 is 10.2. The number of furan rings is 1. The zero-order valence-electron chi connectivity index (χ0n) is 11.0. The van der Waals surface area contributed by atoms with E-state index in [2.05, 4.69) is 23.9 Å². The van der Waals surface area contributed by atoms with E-state index in [1.54, 1.807) is 0 Å². The Balaban J connectivity index is 2.37. The SMILES string of the molecule is COC(=O)CCNCC(C)(C)c1ccc(C)o1. The molecule has 0 saturated carbocycles. The maximum absolute atomic E-state index is 10.9. The van der Waals surface area contributed by atoms with Crippen molar-refractivity contribution < 1.29 is 13.9 Å². The summed E-state index contributed by atoms with van der Waals surface area (Å²) in [7, 11) is 1.40. The summed E-state index contributed by atoms with van der Waals surface area (Å²) >= 11 is 0. The van der Waals surface area contributed by atoms with Crippen molar-refractivity contribution in [3.8, 4) is 0 Å². The number of methoxy groups -OCH3 is 1. The van der Waals surface area contributed by atoms with Gasteiger partial charge in [0.15, 0.2) is 0 Å². The predicted octanol–water partition coefficient (Wildman–Crippen LogP) is 2.02. The van der Waals surface area contributed by atoms with Gasteiger partial charge >= 0.3 is 5.97 Å². The van der Waals surface area contributed by atoms with Gasteiger partial charge in [-0.2, -0.15) is 0 Å². The maximum Gasteiger partial charge on any atom is 0.306 e. The van der Waals surface area contributed by atoms with Gasteiger partial charge in [0.2, 0.25) is 0 Å². The number of rotatable bonds is 6. The van der Waals surface area contributed by atoms with Crippen LogP contribution in [0.1, 0.15) is 31.8 Å². The molecule has 1 rings (SSSR count). The van der Waals surface area contributed by atoms with Crippen LogP contribution in [0.2, 0.25) is 0 Å². The molecular formula is C13H21NO3. The quantitative estimate of drug-likeness (QED) is 0.609. The second-order valence-corrected chi connectivity index (χ2v) is 4.80. The standard InChI is InChI=1S/C13H21NO3/c1-10-5-6-11(17-10)13(2,3)9-14-8-7-12(15)16-4/h5-6,14H,7-9H2,1-4H3. The van der Waals surface area contributed by atoms with Crippen LogP contribution in [0.5, 0.6) is 0 Å². The number of hydrogen-bond donors (Lipinski definition) is 1. The molecule has 1 aromatic rings. The zero-order valence-corrected chi connectivity index (χ0v) is 11.0. The minimum Gasteiger partial charge on any atom is -0.469 e. The Morgan fingerprint density at radius 2 is 2.18 bits per heavy atom. The number of aryl methyl sites for hydroxylation is 1. The first-order chi connectivity index (χ1) is 7.95. The average molecular weight is 239 g/mol. The number of nitrogens with one attached hydrogen (secondary N) is 1. The number of carbonyl (C=O) groups excluding carboxylic acids is 1. The van der Waals surface area contributed by atoms with Crippen molar-refractivity contribution in [1.82, 2.24) is 5.32 Å². The Bertz CT molecular complexity index is 368. The summed E-state index contributed by atoms with van der Waals surface area (Å²) in [6.07, 6.45) is 0.393. The van der Waals surface area contributed by atoms with Gasteiger partial charge in [0.25, 0.3) is 0 Å². The van der Waals surface area contributed by atoms with E-state index in [1.165, 1.54) is 7.11 Å². The lowest BCUT2D eigenvalue weighted by molar-refractivity contribution is -0.140. The van der Waals surface area contributed by atoms with Crippen molar-refractivity contribution >= 4 is 5.97 Å². The van der Waals surface area contributed by atoms with Crippen molar-refractivity contribution in [2.75, 3.05) is 20.2 Å². The topological polar surface area (TPSA) is 51.5 Å². The van der Waals surface area contributed by atoms with E-state index >= 15 is 0 Å². The molecule has 0 saturated heterocycles. The molecule has 0 aliphatic carbocycles. The number of carbonyl (C=O) groups is 1. The molecule has 1 N–H and O–H groups in total. The molecule has 0 aromatic carbocycles. The molecule has 0 spiro atoms. The molecule has 4 nitrogen and oxygen atoms in total. The largest absolute Gasteiger partial charge is 0.469 e. The van der Waals surface area contributed by atoms with Gasteiger partial charge in [0.05, 0.1) is 13.5 Å². The van der Waals surface area contributed by atoms with Gasteiger partial charge in [-0.3, -0.25) is 4.79 Å². The van der Waals surface area contributed by atoms with Gasteiger partial charge in [-0.1, -0.05) is 13.8 Å². The first kappa shape index (κ1) is 13.8. The van der Waals surface area contributed by atoms with Crippen LogP contribution in [-0.4, -0.2) is 26.2 Å². The smallest absolute Gasteiger partial charge is 0.306 e. The highest BCUT2D eigenvalue weighted by Crippen LogP contribution is 2.24. The molecule has 0 atom stereocenters. The number of hydrogen-bond acceptors (Lipinski definition) is 4. The van der Waals surface area contributed by atoms with Crippen LogP contribution in [0, 0.1) is 6.92 Å². The number of ether oxygens (including phenoxy) is 1. The first-order valence-electron chi connectivity index (χ1n) is 5.80. The lowest BCUT2D eigenvalue weighted by Crippen LogP contribution is -2.33. The molecule has 17 heavy (non-hydrogen) atoms. The lowest BCUT2D eigenvalue weighted by Gasteiger charge is -2.22. The van der Waals surface area contributed by atoms with E-state index in [0.29, 0.717) is 13.0 Å². The van der Waals surface area contributed by atoms with Gasteiger partial charge in [0, 0.05) is 18.5 Å². The summed E-state index contributed by atoms with van der Waals surface area (Å²) in [5.74, 6) is 1.69. The summed E-state index contributed by atoms with van der Waals surface area (Å²) in [6.45, 7) is 7.53. The van der Waals surface area contributed by atoms with Gasteiger partial charge in [-0.05, 0) is 19.1 Å². The molecule has 1 heterocycles. The van der Waals surface area contributed by atoms with Crippen LogP contribution in [0.15, 0.2) is 16.5 Å². The van der Waals surface area contributed by atoms with Gasteiger partial charge < -0.3 is 14.5 Å². The summed E-state index contributed by atoms with van der Waals surface area (Å²) in [6, 6.07) is 3.96. The Hall–Kier alpha value is -1.29. The fourth-order valence-corrected chi connectivity index (χ4v) is 1.58. The third-order valence-electron chi connectivity index (χ3n) is 2.71. The van der Waals surface area contributed by atoms with Gasteiger partial charge in [0.1, 0.15) is 11.5 Å². The van der Waals surface area contributed by atoms with Crippen molar-refractivity contribution in [3.63, 3.8) is 0 Å². The highest BCUT2D eigenvalue weighted by Gasteiger charge is 2.23. The third kappa shape index (κ3) is 4.23. The van der Waals surface area contributed by atoms with Crippen molar-refractivity contribution in [2.45, 2.75) is 32.6 Å². The Morgan fingerprint density at radius 1 is 1.47 bits per heavy atom. The average Bonchev–Trinajstić information content (AvgIpc) is 2.71. The molecular weight excluding hydrogens is 218 g/mol. The molecule has 0 amide bonds. The molecule has 4 heteroatoms. The van der Waals surface area contributed by atoms with E-state index in [-0.39, 0.29) is 11.4 Å². The molecule has 0 aliphatic rings. The monoisotopic (exact) mass is 239 g/mol. The molecule has 0 fully saturated rings. The fourth-order valence-electron chi connectivity index (χ4n) is 1.58. The maximum atomic E-state index is 10.9. The summed E-state index contributed by atoms with van der Waals surface area (Å²) in [5.41, 5.74) is -0.0790. The van der Waals surface area contributed by atoms with Crippen molar-refractivity contribution in [1.29, 1.82) is 0 Å². The minimum atomic E-state index is -0.191. The zero-order chi connectivity index (χ0) is 12.9. The highest BCUT2D eigenvalue weighted by molar-refractivity contribution is 5.69. The van der Waals surface area contributed by atoms with E-state index < -0.39 is 0 Å².